The van der Waals surface area contributed by atoms with E-state index in [9.17, 15) is 0 Å². The van der Waals surface area contributed by atoms with Crippen molar-refractivity contribution < 1.29 is 4.74 Å². The fourth-order valence-electron chi connectivity index (χ4n) is 3.11. The van der Waals surface area contributed by atoms with Crippen molar-refractivity contribution in [3.8, 4) is 0 Å². The largest absolute Gasteiger partial charge is 0.371 e. The Balaban J connectivity index is 1.64. The summed E-state index contributed by atoms with van der Waals surface area (Å²) >= 11 is 1.69. The normalized spacial score (nSPS) is 21.7. The zero-order chi connectivity index (χ0) is 15.8. The first kappa shape index (κ1) is 14.6. The number of aryl methyl sites for hydroxylation is 2. The number of anilines is 1. The van der Waals surface area contributed by atoms with Gasteiger partial charge in [-0.2, -0.15) is 5.10 Å². The van der Waals surface area contributed by atoms with E-state index in [1.807, 2.05) is 24.1 Å². The van der Waals surface area contributed by atoms with Crippen molar-refractivity contribution in [2.24, 2.45) is 7.05 Å². The third-order valence-corrected chi connectivity index (χ3v) is 5.11. The Bertz CT molecular complexity index is 827. The molecule has 3 aromatic rings. The van der Waals surface area contributed by atoms with E-state index >= 15 is 0 Å². The maximum Gasteiger partial charge on any atom is 0.138 e. The summed E-state index contributed by atoms with van der Waals surface area (Å²) in [5, 5.41) is 8.95. The molecule has 0 unspecified atom stereocenters. The molecule has 7 heteroatoms. The lowest BCUT2D eigenvalue weighted by atomic mass is 9.98. The van der Waals surface area contributed by atoms with Crippen LogP contribution in [0.5, 0.6) is 0 Å². The second-order valence-corrected chi connectivity index (χ2v) is 7.16. The molecule has 1 aliphatic rings. The minimum Gasteiger partial charge on any atom is -0.371 e. The third kappa shape index (κ3) is 2.82. The Morgan fingerprint density at radius 3 is 3.13 bits per heavy atom. The number of hydrogen-bond acceptors (Lipinski definition) is 6. The number of nitrogens with zero attached hydrogens (tertiary/aromatic N) is 4. The average Bonchev–Trinajstić information content (AvgIpc) is 3.13. The molecule has 6 nitrogen and oxygen atoms in total. The molecule has 2 atom stereocenters. The summed E-state index contributed by atoms with van der Waals surface area (Å²) in [6, 6.07) is 2.33. The predicted octanol–water partition coefficient (Wildman–Crippen LogP) is 3.07. The summed E-state index contributed by atoms with van der Waals surface area (Å²) in [6.07, 6.45) is 7.63. The van der Waals surface area contributed by atoms with Crippen LogP contribution in [0.4, 0.5) is 5.82 Å². The summed E-state index contributed by atoms with van der Waals surface area (Å²) in [5.41, 5.74) is 1.11. The fraction of sp³-hybridized carbons (Fsp3) is 0.438. The van der Waals surface area contributed by atoms with E-state index in [1.54, 1.807) is 17.7 Å². The van der Waals surface area contributed by atoms with E-state index in [0.717, 1.165) is 41.0 Å². The fourth-order valence-corrected chi connectivity index (χ4v) is 3.96. The highest BCUT2D eigenvalue weighted by Gasteiger charge is 2.29. The third-order valence-electron chi connectivity index (χ3n) is 4.15. The van der Waals surface area contributed by atoms with Gasteiger partial charge in [-0.15, -0.1) is 11.3 Å². The van der Waals surface area contributed by atoms with E-state index in [1.165, 1.54) is 4.88 Å². The van der Waals surface area contributed by atoms with Crippen LogP contribution in [0.1, 0.15) is 29.4 Å². The van der Waals surface area contributed by atoms with Gasteiger partial charge in [0.1, 0.15) is 23.1 Å². The zero-order valence-corrected chi connectivity index (χ0v) is 14.0. The Morgan fingerprint density at radius 2 is 2.30 bits per heavy atom. The number of rotatable bonds is 3. The monoisotopic (exact) mass is 329 g/mol. The number of ether oxygens (including phenoxy) is 1. The van der Waals surface area contributed by atoms with Gasteiger partial charge in [0.25, 0.3) is 0 Å². The van der Waals surface area contributed by atoms with Gasteiger partial charge in [0.05, 0.1) is 17.6 Å². The van der Waals surface area contributed by atoms with Crippen LogP contribution < -0.4 is 5.32 Å². The molecule has 1 saturated heterocycles. The summed E-state index contributed by atoms with van der Waals surface area (Å²) in [6.45, 7) is 2.88. The minimum absolute atomic E-state index is 0.00204. The topological polar surface area (TPSA) is 64.9 Å². The van der Waals surface area contributed by atoms with Crippen LogP contribution >= 0.6 is 11.3 Å². The molecule has 4 rings (SSSR count). The number of fused-ring (bicyclic) bond motifs is 1. The molecule has 0 radical (unpaired) electrons. The number of aromatic nitrogens is 4. The van der Waals surface area contributed by atoms with Gasteiger partial charge < -0.3 is 10.1 Å². The molecule has 0 aromatic carbocycles. The van der Waals surface area contributed by atoms with Crippen molar-refractivity contribution in [1.29, 1.82) is 0 Å². The lowest BCUT2D eigenvalue weighted by Crippen LogP contribution is -2.34. The molecule has 0 spiro atoms. The number of nitrogens with one attached hydrogen (secondary N) is 1. The molecule has 120 valence electrons. The van der Waals surface area contributed by atoms with Crippen molar-refractivity contribution in [1.82, 2.24) is 19.7 Å². The quantitative estimate of drug-likeness (QED) is 0.800. The summed E-state index contributed by atoms with van der Waals surface area (Å²) in [5.74, 6) is 0.892. The van der Waals surface area contributed by atoms with Crippen molar-refractivity contribution in [2.75, 3.05) is 11.9 Å². The maximum absolute atomic E-state index is 6.02. The van der Waals surface area contributed by atoms with E-state index < -0.39 is 0 Å². The highest BCUT2D eigenvalue weighted by atomic mass is 32.1. The molecule has 23 heavy (non-hydrogen) atoms. The number of hydrogen-bond donors (Lipinski definition) is 1. The number of thiophene rings is 1. The standard InChI is InChI=1S/C16H19N5OS/c1-10-6-12-15(17-9-18-16(12)23-10)20-13-4-3-5-22-14(13)11-7-19-21(2)8-11/h6-9,13-14H,3-5H2,1-2H3,(H,17,18,20)/t13-,14+/m0/s1. The summed E-state index contributed by atoms with van der Waals surface area (Å²) in [7, 11) is 1.93. The molecule has 0 bridgehead atoms. The lowest BCUT2D eigenvalue weighted by Gasteiger charge is -2.32. The predicted molar refractivity (Wildman–Crippen MR) is 90.7 cm³/mol. The second kappa shape index (κ2) is 5.90. The first-order chi connectivity index (χ1) is 11.2. The van der Waals surface area contributed by atoms with Crippen LogP contribution in [-0.4, -0.2) is 32.4 Å². The molecule has 0 amide bonds. The van der Waals surface area contributed by atoms with Gasteiger partial charge in [-0.1, -0.05) is 0 Å². The van der Waals surface area contributed by atoms with Crippen LogP contribution in [0.15, 0.2) is 24.8 Å². The smallest absolute Gasteiger partial charge is 0.138 e. The SMILES string of the molecule is Cc1cc2c(N[C@H]3CCCO[C@@H]3c3cnn(C)c3)ncnc2s1. The van der Waals surface area contributed by atoms with Gasteiger partial charge >= 0.3 is 0 Å². The molecule has 1 fully saturated rings. The first-order valence-electron chi connectivity index (χ1n) is 7.78. The van der Waals surface area contributed by atoms with Crippen LogP contribution in [0.25, 0.3) is 10.2 Å². The molecule has 4 heterocycles. The van der Waals surface area contributed by atoms with Gasteiger partial charge in [-0.3, -0.25) is 4.68 Å². The Hall–Kier alpha value is -1.99. The lowest BCUT2D eigenvalue weighted by molar-refractivity contribution is 0.00555. The molecule has 0 saturated carbocycles. The van der Waals surface area contributed by atoms with Crippen LogP contribution in [-0.2, 0) is 11.8 Å². The van der Waals surface area contributed by atoms with E-state index in [-0.39, 0.29) is 12.1 Å². The maximum atomic E-state index is 6.02. The van der Waals surface area contributed by atoms with E-state index in [4.69, 9.17) is 4.74 Å². The van der Waals surface area contributed by atoms with Crippen molar-refractivity contribution in [2.45, 2.75) is 31.9 Å². The van der Waals surface area contributed by atoms with E-state index in [2.05, 4.69) is 33.4 Å². The molecular weight excluding hydrogens is 310 g/mol. The van der Waals surface area contributed by atoms with Gasteiger partial charge in [-0.05, 0) is 25.8 Å². The molecular formula is C16H19N5OS. The van der Waals surface area contributed by atoms with Crippen LogP contribution in [0, 0.1) is 6.92 Å². The first-order valence-corrected chi connectivity index (χ1v) is 8.60. The highest BCUT2D eigenvalue weighted by Crippen LogP contribution is 2.33. The summed E-state index contributed by atoms with van der Waals surface area (Å²) < 4.78 is 7.84. The van der Waals surface area contributed by atoms with Crippen molar-refractivity contribution in [3.05, 3.63) is 35.2 Å². The second-order valence-electron chi connectivity index (χ2n) is 5.93. The van der Waals surface area contributed by atoms with Gasteiger partial charge in [0.2, 0.25) is 0 Å². The van der Waals surface area contributed by atoms with Crippen LogP contribution in [0.2, 0.25) is 0 Å². The molecule has 1 aliphatic heterocycles. The van der Waals surface area contributed by atoms with Gasteiger partial charge in [0, 0.05) is 30.3 Å². The molecule has 3 aromatic heterocycles. The van der Waals surface area contributed by atoms with E-state index in [0.29, 0.717) is 0 Å². The zero-order valence-electron chi connectivity index (χ0n) is 13.2. The average molecular weight is 329 g/mol. The van der Waals surface area contributed by atoms with Gasteiger partial charge in [-0.25, -0.2) is 9.97 Å². The summed E-state index contributed by atoms with van der Waals surface area (Å²) in [4.78, 5) is 11.1. The molecule has 1 N–H and O–H groups in total. The highest BCUT2D eigenvalue weighted by molar-refractivity contribution is 7.18. The van der Waals surface area contributed by atoms with Crippen molar-refractivity contribution >= 4 is 27.4 Å². The Morgan fingerprint density at radius 1 is 1.39 bits per heavy atom. The minimum atomic E-state index is 0.00204. The van der Waals surface area contributed by atoms with Gasteiger partial charge in [0.15, 0.2) is 0 Å². The Labute approximate surface area is 138 Å². The van der Waals surface area contributed by atoms with Crippen molar-refractivity contribution in [3.63, 3.8) is 0 Å². The Kier molecular flexibility index (Phi) is 3.74. The van der Waals surface area contributed by atoms with Crippen LogP contribution in [0.3, 0.4) is 0 Å². The molecule has 0 aliphatic carbocycles.